The number of hydrogen-bond donors (Lipinski definition) is 0. The lowest BCUT2D eigenvalue weighted by Crippen LogP contribution is -2.48. The number of para-hydroxylation sites is 2. The van der Waals surface area contributed by atoms with E-state index in [9.17, 15) is 4.79 Å². The molecule has 1 saturated heterocycles. The molecule has 9 heteroatoms. The number of anilines is 1. The van der Waals surface area contributed by atoms with E-state index >= 15 is 0 Å². The Kier molecular flexibility index (Phi) is 4.94. The maximum atomic E-state index is 12.2. The summed E-state index contributed by atoms with van der Waals surface area (Å²) in [5.74, 6) is 1.55. The van der Waals surface area contributed by atoms with Crippen LogP contribution in [0.3, 0.4) is 0 Å². The highest BCUT2D eigenvalue weighted by Gasteiger charge is 2.18. The monoisotopic (exact) mass is 402 g/mol. The fraction of sp³-hybridized carbons (Fsp3) is 0.286. The normalized spacial score (nSPS) is 15.0. The van der Waals surface area contributed by atoms with E-state index in [1.807, 2.05) is 42.7 Å². The van der Waals surface area contributed by atoms with Crippen molar-refractivity contribution < 1.29 is 0 Å². The Morgan fingerprint density at radius 1 is 0.867 bits per heavy atom. The lowest BCUT2D eigenvalue weighted by Gasteiger charge is -2.35. The molecule has 0 bridgehead atoms. The van der Waals surface area contributed by atoms with Gasteiger partial charge in [0.2, 0.25) is 0 Å². The maximum absolute atomic E-state index is 12.2. The molecule has 5 rings (SSSR count). The first-order chi connectivity index (χ1) is 14.8. The van der Waals surface area contributed by atoms with Gasteiger partial charge in [0.05, 0.1) is 23.8 Å². The van der Waals surface area contributed by atoms with Crippen molar-refractivity contribution >= 4 is 16.9 Å². The molecule has 0 N–H and O–H groups in total. The van der Waals surface area contributed by atoms with Crippen LogP contribution in [0.15, 0.2) is 65.8 Å². The number of hydrogen-bond acceptors (Lipinski definition) is 7. The van der Waals surface area contributed by atoms with Crippen LogP contribution in [0.1, 0.15) is 0 Å². The van der Waals surface area contributed by atoms with Gasteiger partial charge < -0.3 is 4.90 Å². The average Bonchev–Trinajstić information content (AvgIpc) is 3.34. The molecule has 1 aliphatic rings. The zero-order valence-electron chi connectivity index (χ0n) is 16.5. The van der Waals surface area contributed by atoms with Crippen LogP contribution in [0.2, 0.25) is 0 Å². The van der Waals surface area contributed by atoms with Crippen LogP contribution in [0.5, 0.6) is 0 Å². The highest BCUT2D eigenvalue weighted by molar-refractivity contribution is 5.75. The molecule has 1 fully saturated rings. The van der Waals surface area contributed by atoms with E-state index in [1.165, 1.54) is 4.68 Å². The van der Waals surface area contributed by atoms with E-state index in [-0.39, 0.29) is 5.56 Å². The molecule has 4 aromatic rings. The summed E-state index contributed by atoms with van der Waals surface area (Å²) >= 11 is 0. The van der Waals surface area contributed by atoms with Crippen molar-refractivity contribution in [3.8, 4) is 5.82 Å². The van der Waals surface area contributed by atoms with Crippen molar-refractivity contribution in [1.82, 2.24) is 34.4 Å². The van der Waals surface area contributed by atoms with Crippen LogP contribution in [0, 0.1) is 0 Å². The average molecular weight is 402 g/mol. The molecular weight excluding hydrogens is 380 g/mol. The molecule has 0 spiro atoms. The minimum absolute atomic E-state index is 0.101. The van der Waals surface area contributed by atoms with Gasteiger partial charge in [-0.2, -0.15) is 5.10 Å². The topological polar surface area (TPSA) is 85.0 Å². The molecule has 0 radical (unpaired) electrons. The van der Waals surface area contributed by atoms with Crippen LogP contribution < -0.4 is 10.5 Å². The van der Waals surface area contributed by atoms with Gasteiger partial charge >= 0.3 is 0 Å². The highest BCUT2D eigenvalue weighted by Crippen LogP contribution is 2.16. The van der Waals surface area contributed by atoms with Gasteiger partial charge in [0.15, 0.2) is 5.82 Å². The molecule has 0 saturated carbocycles. The zero-order valence-corrected chi connectivity index (χ0v) is 16.5. The van der Waals surface area contributed by atoms with Crippen LogP contribution >= 0.6 is 0 Å². The molecule has 0 amide bonds. The first-order valence-electron chi connectivity index (χ1n) is 10.0. The summed E-state index contributed by atoms with van der Waals surface area (Å²) in [6, 6.07) is 13.0. The summed E-state index contributed by atoms with van der Waals surface area (Å²) in [6.07, 6.45) is 5.35. The number of aromatic nitrogens is 6. The number of piperazine rings is 1. The second kappa shape index (κ2) is 8.03. The summed E-state index contributed by atoms with van der Waals surface area (Å²) in [4.78, 5) is 26.1. The lowest BCUT2D eigenvalue weighted by atomic mass is 10.3. The second-order valence-electron chi connectivity index (χ2n) is 7.25. The Labute approximate surface area is 173 Å². The first kappa shape index (κ1) is 18.4. The van der Waals surface area contributed by atoms with Crippen molar-refractivity contribution in [1.29, 1.82) is 0 Å². The molecule has 0 unspecified atom stereocenters. The minimum Gasteiger partial charge on any atom is -0.353 e. The SMILES string of the molecule is O=c1ccc(-n2cccn2)nn1CCN1CCN(c2cnc3ccccc3n2)CC1. The molecule has 1 aromatic carbocycles. The molecular formula is C21H22N8O. The third-order valence-electron chi connectivity index (χ3n) is 5.35. The lowest BCUT2D eigenvalue weighted by molar-refractivity contribution is 0.242. The molecule has 0 aliphatic carbocycles. The molecule has 1 aliphatic heterocycles. The third kappa shape index (κ3) is 3.79. The van der Waals surface area contributed by atoms with Crippen LogP contribution in [-0.4, -0.2) is 67.2 Å². The molecule has 4 heterocycles. The Morgan fingerprint density at radius 3 is 2.50 bits per heavy atom. The summed E-state index contributed by atoms with van der Waals surface area (Å²) in [6.45, 7) is 4.88. The number of fused-ring (bicyclic) bond motifs is 1. The van der Waals surface area contributed by atoms with E-state index in [0.29, 0.717) is 12.4 Å². The van der Waals surface area contributed by atoms with Crippen LogP contribution in [0.4, 0.5) is 5.82 Å². The Bertz CT molecular complexity index is 1200. The second-order valence-corrected chi connectivity index (χ2v) is 7.25. The predicted molar refractivity (Wildman–Crippen MR) is 114 cm³/mol. The Hall–Kier alpha value is -3.59. The van der Waals surface area contributed by atoms with Gasteiger partial charge in [0, 0.05) is 51.2 Å². The van der Waals surface area contributed by atoms with Crippen molar-refractivity contribution in [2.75, 3.05) is 37.6 Å². The smallest absolute Gasteiger partial charge is 0.266 e. The number of rotatable bonds is 5. The zero-order chi connectivity index (χ0) is 20.3. The van der Waals surface area contributed by atoms with Gasteiger partial charge in [-0.3, -0.25) is 14.7 Å². The predicted octanol–water partition coefficient (Wildman–Crippen LogP) is 1.19. The summed E-state index contributed by atoms with van der Waals surface area (Å²) in [5.41, 5.74) is 1.73. The molecule has 30 heavy (non-hydrogen) atoms. The first-order valence-corrected chi connectivity index (χ1v) is 10.0. The Balaban J connectivity index is 1.20. The maximum Gasteiger partial charge on any atom is 0.266 e. The van der Waals surface area contributed by atoms with Crippen LogP contribution in [0.25, 0.3) is 16.9 Å². The minimum atomic E-state index is -0.101. The molecule has 0 atom stereocenters. The number of nitrogens with zero attached hydrogens (tertiary/aromatic N) is 8. The van der Waals surface area contributed by atoms with Crippen molar-refractivity contribution in [2.45, 2.75) is 6.54 Å². The van der Waals surface area contributed by atoms with Crippen molar-refractivity contribution in [3.05, 3.63) is 71.4 Å². The van der Waals surface area contributed by atoms with Gasteiger partial charge in [0.25, 0.3) is 5.56 Å². The summed E-state index contributed by atoms with van der Waals surface area (Å²) < 4.78 is 3.16. The highest BCUT2D eigenvalue weighted by atomic mass is 16.1. The van der Waals surface area contributed by atoms with E-state index in [0.717, 1.165) is 49.6 Å². The fourth-order valence-electron chi connectivity index (χ4n) is 3.66. The molecule has 9 nitrogen and oxygen atoms in total. The van der Waals surface area contributed by atoms with Gasteiger partial charge in [0.1, 0.15) is 5.82 Å². The number of benzene rings is 1. The van der Waals surface area contributed by atoms with Gasteiger partial charge in [-0.1, -0.05) is 12.1 Å². The van der Waals surface area contributed by atoms with E-state index in [1.54, 1.807) is 23.0 Å². The Morgan fingerprint density at radius 2 is 1.70 bits per heavy atom. The van der Waals surface area contributed by atoms with E-state index in [2.05, 4.69) is 25.0 Å². The van der Waals surface area contributed by atoms with Crippen LogP contribution in [-0.2, 0) is 6.54 Å². The third-order valence-corrected chi connectivity index (χ3v) is 5.35. The standard InChI is InChI=1S/C21H22N8O/c30-21-7-6-19(28-9-3-8-23-28)25-29(21)15-12-26-10-13-27(14-11-26)20-16-22-17-4-1-2-5-18(17)24-20/h1-9,16H,10-15H2. The fourth-order valence-corrected chi connectivity index (χ4v) is 3.66. The largest absolute Gasteiger partial charge is 0.353 e. The summed E-state index contributed by atoms with van der Waals surface area (Å²) in [7, 11) is 0. The van der Waals surface area contributed by atoms with Crippen molar-refractivity contribution in [2.24, 2.45) is 0 Å². The van der Waals surface area contributed by atoms with Crippen molar-refractivity contribution in [3.63, 3.8) is 0 Å². The molecule has 152 valence electrons. The van der Waals surface area contributed by atoms with Gasteiger partial charge in [-0.25, -0.2) is 14.3 Å². The van der Waals surface area contributed by atoms with E-state index < -0.39 is 0 Å². The van der Waals surface area contributed by atoms with Gasteiger partial charge in [-0.15, -0.1) is 5.10 Å². The van der Waals surface area contributed by atoms with Gasteiger partial charge in [-0.05, 0) is 24.3 Å². The summed E-state index contributed by atoms with van der Waals surface area (Å²) in [5, 5.41) is 8.62. The molecule has 3 aromatic heterocycles. The quantitative estimate of drug-likeness (QED) is 0.496. The van der Waals surface area contributed by atoms with E-state index in [4.69, 9.17) is 4.98 Å².